The lowest BCUT2D eigenvalue weighted by Crippen LogP contribution is -2.50. The van der Waals surface area contributed by atoms with E-state index in [0.29, 0.717) is 13.2 Å². The second-order valence-corrected chi connectivity index (χ2v) is 4.64. The molecule has 1 atom stereocenters. The van der Waals surface area contributed by atoms with Gasteiger partial charge in [0.1, 0.15) is 6.23 Å². The van der Waals surface area contributed by atoms with E-state index >= 15 is 0 Å². The average molecular weight is 260 g/mol. The number of piperazine rings is 1. The van der Waals surface area contributed by atoms with Crippen molar-refractivity contribution in [1.82, 2.24) is 10.2 Å². The maximum Gasteiger partial charge on any atom is 0.117 e. The van der Waals surface area contributed by atoms with Crippen molar-refractivity contribution in [2.45, 2.75) is 32.4 Å². The molecule has 108 valence electrons. The molecule has 0 bridgehead atoms. The molecule has 1 saturated heterocycles. The van der Waals surface area contributed by atoms with E-state index in [1.54, 1.807) is 0 Å². The normalized spacial score (nSPS) is 21.3. The zero-order valence-electron chi connectivity index (χ0n) is 11.6. The molecule has 0 amide bonds. The van der Waals surface area contributed by atoms with Crippen molar-refractivity contribution in [3.63, 3.8) is 0 Å². The van der Waals surface area contributed by atoms with E-state index in [0.717, 1.165) is 45.8 Å². The molecule has 0 spiro atoms. The fourth-order valence-electron chi connectivity index (χ4n) is 2.07. The first-order valence-electron chi connectivity index (χ1n) is 7.12. The third-order valence-electron chi connectivity index (χ3n) is 3.08. The zero-order chi connectivity index (χ0) is 13.1. The summed E-state index contributed by atoms with van der Waals surface area (Å²) in [6.07, 6.45) is 3.14. The molecule has 0 aromatic carbocycles. The van der Waals surface area contributed by atoms with Crippen LogP contribution in [0.3, 0.4) is 0 Å². The van der Waals surface area contributed by atoms with Crippen LogP contribution in [0.15, 0.2) is 0 Å². The molecule has 1 rings (SSSR count). The van der Waals surface area contributed by atoms with Gasteiger partial charge in [0, 0.05) is 32.8 Å². The van der Waals surface area contributed by atoms with Gasteiger partial charge in [-0.15, -0.1) is 0 Å². The second kappa shape index (κ2) is 10.7. The quantitative estimate of drug-likeness (QED) is 0.558. The highest BCUT2D eigenvalue weighted by molar-refractivity contribution is 4.70. The predicted molar refractivity (Wildman–Crippen MR) is 71.6 cm³/mol. The molecule has 1 aliphatic heterocycles. The highest BCUT2D eigenvalue weighted by atomic mass is 16.5. The Labute approximate surface area is 110 Å². The van der Waals surface area contributed by atoms with Crippen LogP contribution in [0.4, 0.5) is 0 Å². The third-order valence-corrected chi connectivity index (χ3v) is 3.08. The Morgan fingerprint density at radius 3 is 2.78 bits per heavy atom. The molecule has 1 fully saturated rings. The molecule has 0 aliphatic carbocycles. The maximum atomic E-state index is 9.44. The van der Waals surface area contributed by atoms with Gasteiger partial charge in [-0.1, -0.05) is 0 Å². The molecule has 2 N–H and O–H groups in total. The van der Waals surface area contributed by atoms with E-state index in [4.69, 9.17) is 9.47 Å². The van der Waals surface area contributed by atoms with Crippen LogP contribution in [0.25, 0.3) is 0 Å². The van der Waals surface area contributed by atoms with E-state index in [1.807, 2.05) is 6.92 Å². The number of unbranched alkanes of at least 4 members (excludes halogenated alkanes) is 2. The highest BCUT2D eigenvalue weighted by Gasteiger charge is 2.15. The molecule has 5 nitrogen and oxygen atoms in total. The number of hydrogen-bond acceptors (Lipinski definition) is 5. The Kier molecular flexibility index (Phi) is 9.42. The molecule has 0 saturated carbocycles. The van der Waals surface area contributed by atoms with Crippen molar-refractivity contribution in [2.24, 2.45) is 0 Å². The first kappa shape index (κ1) is 15.9. The molecular formula is C13H28N2O3. The summed E-state index contributed by atoms with van der Waals surface area (Å²) in [5.41, 5.74) is 0. The number of aliphatic hydroxyl groups is 1. The first-order chi connectivity index (χ1) is 8.83. The molecule has 0 aromatic rings. The van der Waals surface area contributed by atoms with E-state index in [-0.39, 0.29) is 6.23 Å². The Bertz CT molecular complexity index is 193. The van der Waals surface area contributed by atoms with Gasteiger partial charge in [0.25, 0.3) is 0 Å². The van der Waals surface area contributed by atoms with Crippen LogP contribution in [0.2, 0.25) is 0 Å². The van der Waals surface area contributed by atoms with E-state index in [1.165, 1.54) is 12.8 Å². The van der Waals surface area contributed by atoms with Crippen molar-refractivity contribution < 1.29 is 14.6 Å². The first-order valence-corrected chi connectivity index (χ1v) is 7.12. The van der Waals surface area contributed by atoms with Gasteiger partial charge in [0.05, 0.1) is 13.2 Å². The fraction of sp³-hybridized carbons (Fsp3) is 1.00. The van der Waals surface area contributed by atoms with Gasteiger partial charge in [0.2, 0.25) is 0 Å². The van der Waals surface area contributed by atoms with Crippen molar-refractivity contribution >= 4 is 0 Å². The van der Waals surface area contributed by atoms with Gasteiger partial charge >= 0.3 is 0 Å². The lowest BCUT2D eigenvalue weighted by Gasteiger charge is -2.30. The number of nitrogens with one attached hydrogen (secondary N) is 1. The van der Waals surface area contributed by atoms with E-state index in [2.05, 4.69) is 10.2 Å². The topological polar surface area (TPSA) is 54.0 Å². The lowest BCUT2D eigenvalue weighted by atomic mass is 10.2. The minimum Gasteiger partial charge on any atom is -0.379 e. The molecule has 0 aromatic heterocycles. The van der Waals surface area contributed by atoms with Gasteiger partial charge in [-0.05, 0) is 32.7 Å². The molecule has 1 heterocycles. The van der Waals surface area contributed by atoms with E-state index in [9.17, 15) is 5.11 Å². The summed E-state index contributed by atoms with van der Waals surface area (Å²) < 4.78 is 10.6. The van der Waals surface area contributed by atoms with Gasteiger partial charge in [-0.25, -0.2) is 0 Å². The number of ether oxygens (including phenoxy) is 2. The largest absolute Gasteiger partial charge is 0.379 e. The van der Waals surface area contributed by atoms with Crippen LogP contribution in [0, 0.1) is 0 Å². The van der Waals surface area contributed by atoms with Crippen molar-refractivity contribution in [3.05, 3.63) is 0 Å². The van der Waals surface area contributed by atoms with Crippen LogP contribution < -0.4 is 5.32 Å². The molecule has 1 unspecified atom stereocenters. The summed E-state index contributed by atoms with van der Waals surface area (Å²) in [4.78, 5) is 2.32. The molecule has 5 heteroatoms. The zero-order valence-corrected chi connectivity index (χ0v) is 11.6. The van der Waals surface area contributed by atoms with Crippen molar-refractivity contribution in [2.75, 3.05) is 52.6 Å². The fourth-order valence-corrected chi connectivity index (χ4v) is 2.07. The van der Waals surface area contributed by atoms with Gasteiger partial charge < -0.3 is 14.6 Å². The van der Waals surface area contributed by atoms with Crippen LogP contribution in [-0.2, 0) is 9.47 Å². The Morgan fingerprint density at radius 2 is 2.00 bits per heavy atom. The van der Waals surface area contributed by atoms with Gasteiger partial charge in [0.15, 0.2) is 0 Å². The molecule has 0 radical (unpaired) electrons. The smallest absolute Gasteiger partial charge is 0.117 e. The van der Waals surface area contributed by atoms with Crippen LogP contribution in [0.1, 0.15) is 26.2 Å². The highest BCUT2D eigenvalue weighted by Crippen LogP contribution is 2.02. The molecular weight excluding hydrogens is 232 g/mol. The number of aliphatic hydroxyl groups excluding tert-OH is 1. The SMILES string of the molecule is CCOCCOCCCCCN1CCNC(O)C1. The standard InChI is InChI=1S/C13H28N2O3/c1-2-17-10-11-18-9-5-3-4-7-15-8-6-14-13(16)12-15/h13-14,16H,2-12H2,1H3. The van der Waals surface area contributed by atoms with E-state index < -0.39 is 0 Å². The minimum atomic E-state index is -0.347. The summed E-state index contributed by atoms with van der Waals surface area (Å²) >= 11 is 0. The minimum absolute atomic E-state index is 0.347. The summed E-state index contributed by atoms with van der Waals surface area (Å²) in [5.74, 6) is 0. The summed E-state index contributed by atoms with van der Waals surface area (Å²) in [7, 11) is 0. The number of rotatable bonds is 10. The van der Waals surface area contributed by atoms with Crippen molar-refractivity contribution in [3.8, 4) is 0 Å². The summed E-state index contributed by atoms with van der Waals surface area (Å²) in [5, 5.41) is 12.5. The Hall–Kier alpha value is -0.200. The van der Waals surface area contributed by atoms with Gasteiger partial charge in [-0.2, -0.15) is 0 Å². The van der Waals surface area contributed by atoms with Crippen LogP contribution >= 0.6 is 0 Å². The van der Waals surface area contributed by atoms with Crippen LogP contribution in [0.5, 0.6) is 0 Å². The third kappa shape index (κ3) is 8.00. The second-order valence-electron chi connectivity index (χ2n) is 4.64. The predicted octanol–water partition coefficient (Wildman–Crippen LogP) is 0.433. The average Bonchev–Trinajstić information content (AvgIpc) is 2.37. The Balaban J connectivity index is 1.80. The lowest BCUT2D eigenvalue weighted by molar-refractivity contribution is 0.0476. The maximum absolute atomic E-state index is 9.44. The van der Waals surface area contributed by atoms with Crippen molar-refractivity contribution in [1.29, 1.82) is 0 Å². The summed E-state index contributed by atoms with van der Waals surface area (Å²) in [6.45, 7) is 8.77. The number of hydrogen-bond donors (Lipinski definition) is 2. The number of nitrogens with zero attached hydrogens (tertiary/aromatic N) is 1. The molecule has 1 aliphatic rings. The van der Waals surface area contributed by atoms with Crippen LogP contribution in [-0.4, -0.2) is 68.8 Å². The monoisotopic (exact) mass is 260 g/mol. The number of β-amino-alcohol motifs (C(OH)–C–C–N with tert-alkyl or cyclic N) is 1. The molecule has 18 heavy (non-hydrogen) atoms. The summed E-state index contributed by atoms with van der Waals surface area (Å²) in [6, 6.07) is 0. The van der Waals surface area contributed by atoms with Gasteiger partial charge in [-0.3, -0.25) is 10.2 Å². The Morgan fingerprint density at radius 1 is 1.17 bits per heavy atom.